The first kappa shape index (κ1) is 25.2. The van der Waals surface area contributed by atoms with Gasteiger partial charge in [-0.1, -0.05) is 50.3 Å². The van der Waals surface area contributed by atoms with Gasteiger partial charge in [0.15, 0.2) is 9.84 Å². The fraction of sp³-hybridized carbons (Fsp3) is 0.692. The van der Waals surface area contributed by atoms with Crippen molar-refractivity contribution in [3.63, 3.8) is 0 Å². The maximum Gasteiger partial charge on any atom is 0.245 e. The molecule has 1 aromatic rings. The Hall–Kier alpha value is -1.93. The fourth-order valence-electron chi connectivity index (χ4n) is 5.96. The number of nitrogens with two attached hydrogens (primary N) is 1. The SMILES string of the molecule is CC(C)(N)C(=O)N[C@H](CCC1CCCCC1)C(=O)N1CCC2(CC1)CS(=O)(=O)c1ccccc12. The van der Waals surface area contributed by atoms with Gasteiger partial charge in [-0.05, 0) is 57.1 Å². The predicted molar refractivity (Wildman–Crippen MR) is 132 cm³/mol. The van der Waals surface area contributed by atoms with Crippen LogP contribution < -0.4 is 11.1 Å². The summed E-state index contributed by atoms with van der Waals surface area (Å²) in [4.78, 5) is 28.5. The number of fused-ring (bicyclic) bond motifs is 2. The van der Waals surface area contributed by atoms with Crippen LogP contribution in [0.2, 0.25) is 0 Å². The highest BCUT2D eigenvalue weighted by atomic mass is 32.2. The molecule has 3 aliphatic rings. The van der Waals surface area contributed by atoms with Crippen molar-refractivity contribution in [2.45, 2.75) is 93.5 Å². The molecule has 188 valence electrons. The number of nitrogens with zero attached hydrogens (tertiary/aromatic N) is 1. The second-order valence-electron chi connectivity index (χ2n) is 11.2. The third-order valence-corrected chi connectivity index (χ3v) is 10.0. The fourth-order valence-corrected chi connectivity index (χ4v) is 8.20. The third kappa shape index (κ3) is 5.18. The summed E-state index contributed by atoms with van der Waals surface area (Å²) in [5, 5.41) is 2.93. The number of sulfone groups is 1. The van der Waals surface area contributed by atoms with E-state index in [-0.39, 0.29) is 17.6 Å². The highest BCUT2D eigenvalue weighted by Crippen LogP contribution is 2.46. The zero-order chi connectivity index (χ0) is 24.6. The second-order valence-corrected chi connectivity index (χ2v) is 13.1. The lowest BCUT2D eigenvalue weighted by molar-refractivity contribution is -0.139. The number of rotatable bonds is 6. The van der Waals surface area contributed by atoms with Gasteiger partial charge in [0.05, 0.1) is 16.2 Å². The standard InChI is InChI=1S/C26H39N3O4S/c1-25(2,27)24(31)28-21(13-12-19-8-4-3-5-9-19)23(30)29-16-14-26(15-17-29)18-34(32,33)22-11-7-6-10-20(22)26/h6-7,10-11,19,21H,3-5,8-9,12-18,27H2,1-2H3,(H,28,31)/t21-/m1/s1. The summed E-state index contributed by atoms with van der Waals surface area (Å²) >= 11 is 0. The molecule has 2 amide bonds. The molecule has 0 aromatic heterocycles. The predicted octanol–water partition coefficient (Wildman–Crippen LogP) is 2.92. The molecule has 4 rings (SSSR count). The van der Waals surface area contributed by atoms with Crippen molar-refractivity contribution in [2.24, 2.45) is 11.7 Å². The molecule has 1 saturated carbocycles. The summed E-state index contributed by atoms with van der Waals surface area (Å²) in [6.45, 7) is 4.27. The summed E-state index contributed by atoms with van der Waals surface area (Å²) in [5.74, 6) is 0.331. The van der Waals surface area contributed by atoms with Crippen molar-refractivity contribution in [3.8, 4) is 0 Å². The van der Waals surface area contributed by atoms with Crippen LogP contribution >= 0.6 is 0 Å². The highest BCUT2D eigenvalue weighted by Gasteiger charge is 2.49. The van der Waals surface area contributed by atoms with E-state index in [1.54, 1.807) is 26.0 Å². The number of carbonyl (C=O) groups excluding carboxylic acids is 2. The van der Waals surface area contributed by atoms with Gasteiger partial charge in [0.1, 0.15) is 6.04 Å². The number of likely N-dealkylation sites (tertiary alicyclic amines) is 1. The van der Waals surface area contributed by atoms with E-state index in [4.69, 9.17) is 5.73 Å². The van der Waals surface area contributed by atoms with Crippen molar-refractivity contribution in [1.82, 2.24) is 10.2 Å². The molecule has 2 heterocycles. The smallest absolute Gasteiger partial charge is 0.245 e. The zero-order valence-electron chi connectivity index (χ0n) is 20.5. The molecule has 0 unspecified atom stereocenters. The van der Waals surface area contributed by atoms with Crippen molar-refractivity contribution in [3.05, 3.63) is 29.8 Å². The van der Waals surface area contributed by atoms with Crippen LogP contribution in [0.4, 0.5) is 0 Å². The number of amides is 2. The molecule has 3 N–H and O–H groups in total. The molecule has 8 heteroatoms. The van der Waals surface area contributed by atoms with Crippen LogP contribution in [-0.2, 0) is 24.8 Å². The maximum absolute atomic E-state index is 13.6. The number of hydrogen-bond acceptors (Lipinski definition) is 5. The largest absolute Gasteiger partial charge is 0.343 e. The van der Waals surface area contributed by atoms with E-state index in [0.717, 1.165) is 12.0 Å². The molecule has 1 aliphatic carbocycles. The van der Waals surface area contributed by atoms with Gasteiger partial charge in [-0.25, -0.2) is 8.42 Å². The lowest BCUT2D eigenvalue weighted by Crippen LogP contribution is -2.58. The van der Waals surface area contributed by atoms with Crippen LogP contribution in [0.5, 0.6) is 0 Å². The minimum Gasteiger partial charge on any atom is -0.343 e. The van der Waals surface area contributed by atoms with E-state index in [1.807, 2.05) is 17.0 Å². The van der Waals surface area contributed by atoms with Crippen molar-refractivity contribution < 1.29 is 18.0 Å². The van der Waals surface area contributed by atoms with Crippen molar-refractivity contribution >= 4 is 21.7 Å². The Balaban J connectivity index is 1.45. The average Bonchev–Trinajstić information content (AvgIpc) is 3.03. The summed E-state index contributed by atoms with van der Waals surface area (Å²) in [7, 11) is -3.30. The first-order chi connectivity index (χ1) is 16.0. The summed E-state index contributed by atoms with van der Waals surface area (Å²) in [6.07, 6.45) is 8.91. The summed E-state index contributed by atoms with van der Waals surface area (Å²) < 4.78 is 25.5. The topological polar surface area (TPSA) is 110 Å². The number of nitrogens with one attached hydrogen (secondary N) is 1. The lowest BCUT2D eigenvalue weighted by atomic mass is 9.74. The first-order valence-electron chi connectivity index (χ1n) is 12.7. The van der Waals surface area contributed by atoms with Crippen LogP contribution in [0.25, 0.3) is 0 Å². The minimum atomic E-state index is -3.30. The molecule has 1 saturated heterocycles. The lowest BCUT2D eigenvalue weighted by Gasteiger charge is -2.40. The molecular weight excluding hydrogens is 450 g/mol. The Labute approximate surface area is 203 Å². The first-order valence-corrected chi connectivity index (χ1v) is 14.4. The van der Waals surface area contributed by atoms with E-state index >= 15 is 0 Å². The minimum absolute atomic E-state index is 0.0719. The summed E-state index contributed by atoms with van der Waals surface area (Å²) in [6, 6.07) is 6.69. The number of hydrogen-bond donors (Lipinski definition) is 2. The van der Waals surface area contributed by atoms with E-state index in [2.05, 4.69) is 5.32 Å². The van der Waals surface area contributed by atoms with Crippen LogP contribution in [0, 0.1) is 5.92 Å². The molecule has 1 atom stereocenters. The molecular formula is C26H39N3O4S. The average molecular weight is 490 g/mol. The Morgan fingerprint density at radius 2 is 1.79 bits per heavy atom. The van der Waals surface area contributed by atoms with E-state index < -0.39 is 26.8 Å². The quantitative estimate of drug-likeness (QED) is 0.639. The van der Waals surface area contributed by atoms with Crippen LogP contribution in [0.1, 0.15) is 77.2 Å². The van der Waals surface area contributed by atoms with Gasteiger partial charge in [0.2, 0.25) is 11.8 Å². The second kappa shape index (κ2) is 9.61. The Morgan fingerprint density at radius 1 is 1.15 bits per heavy atom. The van der Waals surface area contributed by atoms with Crippen LogP contribution in [-0.4, -0.2) is 55.6 Å². The Bertz CT molecular complexity index is 1020. The normalized spacial score (nSPS) is 22.9. The molecule has 1 spiro atoms. The zero-order valence-corrected chi connectivity index (χ0v) is 21.3. The highest BCUT2D eigenvalue weighted by molar-refractivity contribution is 7.91. The number of piperidine rings is 1. The van der Waals surface area contributed by atoms with E-state index in [9.17, 15) is 18.0 Å². The van der Waals surface area contributed by atoms with E-state index in [0.29, 0.717) is 43.2 Å². The Kier molecular flexibility index (Phi) is 7.11. The third-order valence-electron chi connectivity index (χ3n) is 8.07. The summed E-state index contributed by atoms with van der Waals surface area (Å²) in [5.41, 5.74) is 5.41. The molecule has 2 fully saturated rings. The molecule has 7 nitrogen and oxygen atoms in total. The monoisotopic (exact) mass is 489 g/mol. The van der Waals surface area contributed by atoms with Gasteiger partial charge in [0, 0.05) is 18.5 Å². The molecule has 0 bridgehead atoms. The molecule has 2 aliphatic heterocycles. The Morgan fingerprint density at radius 3 is 2.44 bits per heavy atom. The van der Waals surface area contributed by atoms with Gasteiger partial charge >= 0.3 is 0 Å². The van der Waals surface area contributed by atoms with Crippen molar-refractivity contribution in [1.29, 1.82) is 0 Å². The van der Waals surface area contributed by atoms with Crippen molar-refractivity contribution in [2.75, 3.05) is 18.8 Å². The van der Waals surface area contributed by atoms with Gasteiger partial charge in [-0.15, -0.1) is 0 Å². The number of benzene rings is 1. The molecule has 0 radical (unpaired) electrons. The van der Waals surface area contributed by atoms with Crippen LogP contribution in [0.15, 0.2) is 29.2 Å². The van der Waals surface area contributed by atoms with Crippen LogP contribution in [0.3, 0.4) is 0 Å². The van der Waals surface area contributed by atoms with Gasteiger partial charge in [-0.3, -0.25) is 9.59 Å². The van der Waals surface area contributed by atoms with Gasteiger partial charge < -0.3 is 16.0 Å². The van der Waals surface area contributed by atoms with Gasteiger partial charge in [0.25, 0.3) is 0 Å². The molecule has 34 heavy (non-hydrogen) atoms. The van der Waals surface area contributed by atoms with Gasteiger partial charge in [-0.2, -0.15) is 0 Å². The van der Waals surface area contributed by atoms with E-state index in [1.165, 1.54) is 32.1 Å². The number of carbonyl (C=O) groups is 2. The molecule has 1 aromatic carbocycles. The maximum atomic E-state index is 13.6.